The number of rotatable bonds is 6. The Kier molecular flexibility index (Phi) is 6.03. The molecule has 5 heteroatoms. The molecule has 0 aromatic rings. The number of nitrogens with two attached hydrogens (primary N) is 1. The summed E-state index contributed by atoms with van der Waals surface area (Å²) in [5.41, 5.74) is 5.55. The topological polar surface area (TPSA) is 83.6 Å². The number of hydrogen-bond acceptors (Lipinski definition) is 3. The summed E-state index contributed by atoms with van der Waals surface area (Å²) in [5.74, 6) is -1.36. The maximum Gasteiger partial charge on any atom is 0.323 e. The van der Waals surface area contributed by atoms with Crippen LogP contribution in [0, 0.1) is 11.8 Å². The molecule has 3 N–H and O–H groups in total. The zero-order chi connectivity index (χ0) is 12.9. The summed E-state index contributed by atoms with van der Waals surface area (Å²) in [6, 6.07) is -0.128. The first kappa shape index (κ1) is 14.9. The normalized spacial score (nSPS) is 12.9. The van der Waals surface area contributed by atoms with Crippen molar-refractivity contribution in [1.29, 1.82) is 0 Å². The van der Waals surface area contributed by atoms with Crippen molar-refractivity contribution in [3.8, 4) is 0 Å². The van der Waals surface area contributed by atoms with E-state index in [-0.39, 0.29) is 36.9 Å². The Bertz CT molecular complexity index is 252. The van der Waals surface area contributed by atoms with Crippen LogP contribution in [0.5, 0.6) is 0 Å². The second kappa shape index (κ2) is 6.48. The highest BCUT2D eigenvalue weighted by atomic mass is 16.4. The van der Waals surface area contributed by atoms with E-state index in [1.165, 1.54) is 4.90 Å². The van der Waals surface area contributed by atoms with Crippen molar-refractivity contribution in [1.82, 2.24) is 4.90 Å². The Hall–Kier alpha value is -1.10. The summed E-state index contributed by atoms with van der Waals surface area (Å²) >= 11 is 0. The molecule has 0 saturated heterocycles. The maximum absolute atomic E-state index is 12.1. The van der Waals surface area contributed by atoms with Gasteiger partial charge in [-0.1, -0.05) is 13.8 Å². The first-order chi connectivity index (χ1) is 7.31. The molecule has 0 heterocycles. The van der Waals surface area contributed by atoms with E-state index in [1.807, 2.05) is 13.8 Å². The molecule has 1 amide bonds. The number of carboxylic acids is 1. The molecule has 5 nitrogen and oxygen atoms in total. The van der Waals surface area contributed by atoms with Crippen molar-refractivity contribution in [2.45, 2.75) is 33.7 Å². The zero-order valence-corrected chi connectivity index (χ0v) is 10.4. The quantitative estimate of drug-likeness (QED) is 0.697. The Morgan fingerprint density at radius 1 is 1.25 bits per heavy atom. The van der Waals surface area contributed by atoms with Gasteiger partial charge in [0.25, 0.3) is 0 Å². The van der Waals surface area contributed by atoms with Crippen LogP contribution in [0.25, 0.3) is 0 Å². The van der Waals surface area contributed by atoms with Gasteiger partial charge in [0, 0.05) is 12.6 Å². The van der Waals surface area contributed by atoms with Gasteiger partial charge < -0.3 is 15.7 Å². The molecule has 0 spiro atoms. The number of carbonyl (C=O) groups is 2. The number of carbonyl (C=O) groups excluding carboxylic acids is 1. The number of nitrogens with zero attached hydrogens (tertiary/aromatic N) is 1. The summed E-state index contributed by atoms with van der Waals surface area (Å²) in [5, 5.41) is 8.75. The van der Waals surface area contributed by atoms with Crippen LogP contribution in [0.3, 0.4) is 0 Å². The van der Waals surface area contributed by atoms with Crippen LogP contribution < -0.4 is 5.73 Å². The van der Waals surface area contributed by atoms with Crippen molar-refractivity contribution < 1.29 is 14.7 Å². The highest BCUT2D eigenvalue weighted by molar-refractivity contribution is 5.83. The van der Waals surface area contributed by atoms with Gasteiger partial charge in [0.2, 0.25) is 5.91 Å². The Morgan fingerprint density at radius 3 is 2.00 bits per heavy atom. The van der Waals surface area contributed by atoms with Crippen molar-refractivity contribution in [2.75, 3.05) is 13.1 Å². The SMILES string of the molecule is CC(C)C(CN)C(=O)N(CC(=O)O)C(C)C. The average Bonchev–Trinajstić information content (AvgIpc) is 2.13. The molecule has 0 aliphatic carbocycles. The smallest absolute Gasteiger partial charge is 0.323 e. The third kappa shape index (κ3) is 4.18. The zero-order valence-electron chi connectivity index (χ0n) is 10.4. The van der Waals surface area contributed by atoms with Crippen LogP contribution in [0.4, 0.5) is 0 Å². The molecule has 0 saturated carbocycles. The van der Waals surface area contributed by atoms with Crippen LogP contribution in [-0.4, -0.2) is 41.0 Å². The molecule has 16 heavy (non-hydrogen) atoms. The van der Waals surface area contributed by atoms with E-state index < -0.39 is 5.97 Å². The van der Waals surface area contributed by atoms with Gasteiger partial charge in [-0.2, -0.15) is 0 Å². The number of amides is 1. The van der Waals surface area contributed by atoms with Crippen LogP contribution in [0.1, 0.15) is 27.7 Å². The largest absolute Gasteiger partial charge is 0.480 e. The lowest BCUT2D eigenvalue weighted by molar-refractivity contribution is -0.148. The minimum absolute atomic E-state index is 0.118. The van der Waals surface area contributed by atoms with Crippen LogP contribution in [0.15, 0.2) is 0 Å². The standard InChI is InChI=1S/C11H22N2O3/c1-7(2)9(5-12)11(16)13(8(3)4)6-10(14)15/h7-9H,5-6,12H2,1-4H3,(H,14,15). The summed E-state index contributed by atoms with van der Waals surface area (Å²) in [7, 11) is 0. The van der Waals surface area contributed by atoms with Gasteiger partial charge in [-0.05, 0) is 19.8 Å². The monoisotopic (exact) mass is 230 g/mol. The lowest BCUT2D eigenvalue weighted by atomic mass is 9.94. The van der Waals surface area contributed by atoms with Crippen LogP contribution >= 0.6 is 0 Å². The molecule has 0 aliphatic rings. The molecule has 0 bridgehead atoms. The fraction of sp³-hybridized carbons (Fsp3) is 0.818. The lowest BCUT2D eigenvalue weighted by Crippen LogP contribution is -2.47. The highest BCUT2D eigenvalue weighted by Gasteiger charge is 2.28. The van der Waals surface area contributed by atoms with Gasteiger partial charge in [-0.15, -0.1) is 0 Å². The molecule has 94 valence electrons. The summed E-state index contributed by atoms with van der Waals surface area (Å²) in [6.07, 6.45) is 0. The first-order valence-electron chi connectivity index (χ1n) is 5.53. The average molecular weight is 230 g/mol. The minimum Gasteiger partial charge on any atom is -0.480 e. The van der Waals surface area contributed by atoms with Crippen molar-refractivity contribution >= 4 is 11.9 Å². The number of carboxylic acid groups (broad SMARTS) is 1. The van der Waals surface area contributed by atoms with Gasteiger partial charge >= 0.3 is 5.97 Å². The second-order valence-corrected chi connectivity index (χ2v) is 4.54. The van der Waals surface area contributed by atoms with E-state index in [0.717, 1.165) is 0 Å². The molecular formula is C11H22N2O3. The predicted molar refractivity (Wildman–Crippen MR) is 61.9 cm³/mol. The summed E-state index contributed by atoms with van der Waals surface area (Å²) in [4.78, 5) is 24.1. The van der Waals surface area contributed by atoms with E-state index in [9.17, 15) is 9.59 Å². The van der Waals surface area contributed by atoms with E-state index in [0.29, 0.717) is 0 Å². The molecule has 1 atom stereocenters. The van der Waals surface area contributed by atoms with Gasteiger partial charge in [0.05, 0.1) is 5.92 Å². The second-order valence-electron chi connectivity index (χ2n) is 4.54. The third-order valence-electron chi connectivity index (χ3n) is 2.59. The fourth-order valence-electron chi connectivity index (χ4n) is 1.53. The predicted octanol–water partition coefficient (Wildman–Crippen LogP) is 0.539. The molecule has 0 aromatic heterocycles. The molecule has 0 radical (unpaired) electrons. The van der Waals surface area contributed by atoms with Gasteiger partial charge in [-0.25, -0.2) is 0 Å². The molecule has 0 fully saturated rings. The van der Waals surface area contributed by atoms with Crippen LogP contribution in [-0.2, 0) is 9.59 Å². The molecule has 0 rings (SSSR count). The van der Waals surface area contributed by atoms with Gasteiger partial charge in [-0.3, -0.25) is 9.59 Å². The molecule has 0 aromatic carbocycles. The van der Waals surface area contributed by atoms with E-state index >= 15 is 0 Å². The maximum atomic E-state index is 12.1. The number of hydrogen-bond donors (Lipinski definition) is 2. The molecule has 0 aliphatic heterocycles. The highest BCUT2D eigenvalue weighted by Crippen LogP contribution is 2.14. The third-order valence-corrected chi connectivity index (χ3v) is 2.59. The van der Waals surface area contributed by atoms with Crippen molar-refractivity contribution in [3.63, 3.8) is 0 Å². The van der Waals surface area contributed by atoms with E-state index in [4.69, 9.17) is 10.8 Å². The van der Waals surface area contributed by atoms with Crippen LogP contribution in [0.2, 0.25) is 0 Å². The van der Waals surface area contributed by atoms with Crippen molar-refractivity contribution in [2.24, 2.45) is 17.6 Å². The Labute approximate surface area is 96.6 Å². The van der Waals surface area contributed by atoms with Gasteiger partial charge in [0.1, 0.15) is 6.54 Å². The van der Waals surface area contributed by atoms with E-state index in [1.54, 1.807) is 13.8 Å². The number of aliphatic carboxylic acids is 1. The summed E-state index contributed by atoms with van der Waals surface area (Å²) < 4.78 is 0. The fourth-order valence-corrected chi connectivity index (χ4v) is 1.53. The molecule has 1 unspecified atom stereocenters. The van der Waals surface area contributed by atoms with E-state index in [2.05, 4.69) is 0 Å². The lowest BCUT2D eigenvalue weighted by Gasteiger charge is -2.30. The minimum atomic E-state index is -0.999. The molecular weight excluding hydrogens is 208 g/mol. The van der Waals surface area contributed by atoms with Gasteiger partial charge in [0.15, 0.2) is 0 Å². The summed E-state index contributed by atoms with van der Waals surface area (Å²) in [6.45, 7) is 7.41. The Balaban J connectivity index is 4.78. The Morgan fingerprint density at radius 2 is 1.75 bits per heavy atom. The first-order valence-corrected chi connectivity index (χ1v) is 5.53. The van der Waals surface area contributed by atoms with Crippen molar-refractivity contribution in [3.05, 3.63) is 0 Å².